The Kier molecular flexibility index (Phi) is 4.57. The van der Waals surface area contributed by atoms with Gasteiger partial charge in [0.15, 0.2) is 0 Å². The minimum absolute atomic E-state index is 0.155. The minimum atomic E-state index is -0.155. The molecule has 1 aliphatic carbocycles. The lowest BCUT2D eigenvalue weighted by Gasteiger charge is -2.20. The molecule has 0 saturated heterocycles. The van der Waals surface area contributed by atoms with Crippen molar-refractivity contribution in [2.45, 2.75) is 44.8 Å². The van der Waals surface area contributed by atoms with E-state index in [0.717, 1.165) is 19.4 Å². The summed E-state index contributed by atoms with van der Waals surface area (Å²) in [4.78, 5) is 0. The third-order valence-corrected chi connectivity index (χ3v) is 3.52. The summed E-state index contributed by atoms with van der Waals surface area (Å²) in [6.07, 6.45) is 4.53. The van der Waals surface area contributed by atoms with Crippen LogP contribution < -0.4 is 5.32 Å². The van der Waals surface area contributed by atoms with Crippen LogP contribution in [0.15, 0.2) is 30.3 Å². The second-order valence-corrected chi connectivity index (χ2v) is 5.06. The van der Waals surface area contributed by atoms with Gasteiger partial charge in [-0.3, -0.25) is 0 Å². The zero-order chi connectivity index (χ0) is 12.1. The molecule has 0 aliphatic heterocycles. The van der Waals surface area contributed by atoms with Gasteiger partial charge in [0.1, 0.15) is 0 Å². The summed E-state index contributed by atoms with van der Waals surface area (Å²) in [6, 6.07) is 10.9. The molecular formula is C15H23NO. The van der Waals surface area contributed by atoms with E-state index < -0.39 is 0 Å². The van der Waals surface area contributed by atoms with Crippen LogP contribution in [0, 0.1) is 5.92 Å². The molecule has 0 bridgehead atoms. The van der Waals surface area contributed by atoms with E-state index in [4.69, 9.17) is 0 Å². The fourth-order valence-electron chi connectivity index (χ4n) is 2.27. The van der Waals surface area contributed by atoms with E-state index in [1.165, 1.54) is 18.4 Å². The van der Waals surface area contributed by atoms with Gasteiger partial charge in [0, 0.05) is 12.6 Å². The number of aliphatic hydroxyl groups is 1. The molecule has 2 nitrogen and oxygen atoms in total. The van der Waals surface area contributed by atoms with Crippen molar-refractivity contribution in [2.24, 2.45) is 5.92 Å². The Morgan fingerprint density at radius 1 is 1.29 bits per heavy atom. The monoisotopic (exact) mass is 233 g/mol. The second kappa shape index (κ2) is 6.18. The van der Waals surface area contributed by atoms with Crippen molar-refractivity contribution in [1.82, 2.24) is 5.32 Å². The normalized spacial score (nSPS) is 18.9. The quantitative estimate of drug-likeness (QED) is 0.759. The molecule has 1 aliphatic rings. The Hall–Kier alpha value is -0.860. The van der Waals surface area contributed by atoms with Gasteiger partial charge in [0.2, 0.25) is 0 Å². The summed E-state index contributed by atoms with van der Waals surface area (Å²) in [5.74, 6) is 0.556. The van der Waals surface area contributed by atoms with E-state index in [1.807, 2.05) is 6.07 Å². The summed E-state index contributed by atoms with van der Waals surface area (Å²) < 4.78 is 0. The number of hydrogen-bond acceptors (Lipinski definition) is 2. The summed E-state index contributed by atoms with van der Waals surface area (Å²) in [7, 11) is 0. The van der Waals surface area contributed by atoms with Gasteiger partial charge >= 0.3 is 0 Å². The van der Waals surface area contributed by atoms with E-state index in [9.17, 15) is 5.11 Å². The van der Waals surface area contributed by atoms with Crippen molar-refractivity contribution in [2.75, 3.05) is 6.54 Å². The lowest BCUT2D eigenvalue weighted by atomic mass is 10.0. The highest BCUT2D eigenvalue weighted by Crippen LogP contribution is 2.32. The van der Waals surface area contributed by atoms with Gasteiger partial charge in [-0.1, -0.05) is 43.7 Å². The first-order valence-corrected chi connectivity index (χ1v) is 6.77. The molecule has 2 rings (SSSR count). The molecular weight excluding hydrogens is 210 g/mol. The van der Waals surface area contributed by atoms with Gasteiger partial charge in [-0.2, -0.15) is 0 Å². The minimum Gasteiger partial charge on any atom is -0.392 e. The third kappa shape index (κ3) is 3.83. The summed E-state index contributed by atoms with van der Waals surface area (Å²) in [6.45, 7) is 2.93. The Balaban J connectivity index is 1.88. The van der Waals surface area contributed by atoms with Crippen LogP contribution in [-0.4, -0.2) is 17.8 Å². The van der Waals surface area contributed by atoms with Crippen LogP contribution in [0.2, 0.25) is 0 Å². The summed E-state index contributed by atoms with van der Waals surface area (Å²) >= 11 is 0. The van der Waals surface area contributed by atoms with Crippen molar-refractivity contribution in [3.63, 3.8) is 0 Å². The number of hydrogen-bond donors (Lipinski definition) is 2. The van der Waals surface area contributed by atoms with Crippen molar-refractivity contribution >= 4 is 0 Å². The predicted molar refractivity (Wildman–Crippen MR) is 70.8 cm³/mol. The zero-order valence-corrected chi connectivity index (χ0v) is 10.6. The predicted octanol–water partition coefficient (Wildman–Crippen LogP) is 2.89. The highest BCUT2D eigenvalue weighted by atomic mass is 16.3. The standard InChI is InChI=1S/C15H23NO/c1-2-6-14(12-7-4-3-5-8-12)16-11-15(17)13-9-10-13/h3-5,7-8,13-17H,2,6,9-11H2,1H3. The topological polar surface area (TPSA) is 32.3 Å². The Bertz CT molecular complexity index is 321. The maximum absolute atomic E-state index is 9.89. The van der Waals surface area contributed by atoms with Crippen LogP contribution in [0.5, 0.6) is 0 Å². The largest absolute Gasteiger partial charge is 0.392 e. The highest BCUT2D eigenvalue weighted by Gasteiger charge is 2.29. The van der Waals surface area contributed by atoms with Crippen LogP contribution in [0.3, 0.4) is 0 Å². The number of aliphatic hydroxyl groups excluding tert-OH is 1. The molecule has 2 N–H and O–H groups in total. The van der Waals surface area contributed by atoms with Crippen molar-refractivity contribution in [1.29, 1.82) is 0 Å². The first kappa shape index (κ1) is 12.6. The van der Waals surface area contributed by atoms with Crippen LogP contribution >= 0.6 is 0 Å². The lowest BCUT2D eigenvalue weighted by Crippen LogP contribution is -2.31. The first-order chi connectivity index (χ1) is 8.31. The molecule has 2 unspecified atom stereocenters. The van der Waals surface area contributed by atoms with Gasteiger partial charge in [-0.25, -0.2) is 0 Å². The molecule has 0 amide bonds. The van der Waals surface area contributed by atoms with Gasteiger partial charge in [0.25, 0.3) is 0 Å². The fraction of sp³-hybridized carbons (Fsp3) is 0.600. The average Bonchev–Trinajstić information content (AvgIpc) is 3.19. The van der Waals surface area contributed by atoms with Gasteiger partial charge in [-0.05, 0) is 30.7 Å². The van der Waals surface area contributed by atoms with E-state index >= 15 is 0 Å². The third-order valence-electron chi connectivity index (χ3n) is 3.52. The van der Waals surface area contributed by atoms with Crippen molar-refractivity contribution in [3.05, 3.63) is 35.9 Å². The molecule has 1 fully saturated rings. The SMILES string of the molecule is CCCC(NCC(O)C1CC1)c1ccccc1. The molecule has 0 heterocycles. The fourth-order valence-corrected chi connectivity index (χ4v) is 2.27. The number of benzene rings is 1. The summed E-state index contributed by atoms with van der Waals surface area (Å²) in [5, 5.41) is 13.4. The molecule has 2 heteroatoms. The molecule has 2 atom stereocenters. The zero-order valence-electron chi connectivity index (χ0n) is 10.6. The Labute approximate surface area is 104 Å². The summed E-state index contributed by atoms with van der Waals surface area (Å²) in [5.41, 5.74) is 1.33. The number of rotatable bonds is 7. The molecule has 1 aromatic rings. The van der Waals surface area contributed by atoms with E-state index in [1.54, 1.807) is 0 Å². The van der Waals surface area contributed by atoms with E-state index in [2.05, 4.69) is 36.5 Å². The van der Waals surface area contributed by atoms with Crippen molar-refractivity contribution in [3.8, 4) is 0 Å². The Morgan fingerprint density at radius 3 is 2.59 bits per heavy atom. The van der Waals surface area contributed by atoms with E-state index in [-0.39, 0.29) is 6.10 Å². The maximum Gasteiger partial charge on any atom is 0.0692 e. The number of nitrogens with one attached hydrogen (secondary N) is 1. The van der Waals surface area contributed by atoms with Gasteiger partial charge in [-0.15, -0.1) is 0 Å². The van der Waals surface area contributed by atoms with Crippen LogP contribution in [0.25, 0.3) is 0 Å². The second-order valence-electron chi connectivity index (χ2n) is 5.06. The van der Waals surface area contributed by atoms with E-state index in [0.29, 0.717) is 12.0 Å². The van der Waals surface area contributed by atoms with Gasteiger partial charge < -0.3 is 10.4 Å². The molecule has 0 radical (unpaired) electrons. The van der Waals surface area contributed by atoms with Crippen LogP contribution in [-0.2, 0) is 0 Å². The van der Waals surface area contributed by atoms with Crippen LogP contribution in [0.1, 0.15) is 44.2 Å². The van der Waals surface area contributed by atoms with Crippen molar-refractivity contribution < 1.29 is 5.11 Å². The molecule has 1 saturated carbocycles. The maximum atomic E-state index is 9.89. The van der Waals surface area contributed by atoms with Gasteiger partial charge in [0.05, 0.1) is 6.10 Å². The first-order valence-electron chi connectivity index (χ1n) is 6.77. The van der Waals surface area contributed by atoms with Crippen LogP contribution in [0.4, 0.5) is 0 Å². The molecule has 17 heavy (non-hydrogen) atoms. The Morgan fingerprint density at radius 2 is 2.00 bits per heavy atom. The average molecular weight is 233 g/mol. The smallest absolute Gasteiger partial charge is 0.0692 e. The molecule has 1 aromatic carbocycles. The molecule has 0 spiro atoms. The lowest BCUT2D eigenvalue weighted by molar-refractivity contribution is 0.144. The highest BCUT2D eigenvalue weighted by molar-refractivity contribution is 5.18. The molecule has 94 valence electrons. The molecule has 0 aromatic heterocycles.